The van der Waals surface area contributed by atoms with Gasteiger partial charge in [-0.25, -0.2) is 4.79 Å². The molecule has 0 aromatic carbocycles. The molecule has 0 aliphatic carbocycles. The number of hydrogen-bond acceptors (Lipinski definition) is 5. The number of aliphatic carboxylic acids is 2. The molecule has 1 amide bonds. The van der Waals surface area contributed by atoms with Crippen LogP contribution >= 0.6 is 0 Å². The average Bonchev–Trinajstić information content (AvgIpc) is 2.75. The van der Waals surface area contributed by atoms with Crippen molar-refractivity contribution in [2.24, 2.45) is 0 Å². The molecule has 0 aromatic heterocycles. The number of unbranched alkanes of at least 4 members (excludes halogenated alkanes) is 3. The maximum Gasteiger partial charge on any atom is 0.327 e. The number of aliphatic hydroxyl groups is 1. The van der Waals surface area contributed by atoms with E-state index in [-0.39, 0.29) is 25.0 Å². The van der Waals surface area contributed by atoms with Gasteiger partial charge in [0.25, 0.3) is 0 Å². The number of carbonyl (C=O) groups excluding carboxylic acids is 1. The molecule has 192 valence electrons. The molecule has 0 fully saturated rings. The summed E-state index contributed by atoms with van der Waals surface area (Å²) >= 11 is 0. The van der Waals surface area contributed by atoms with E-state index in [1.165, 1.54) is 25.3 Å². The number of rotatable bonds is 19. The Kier molecular flexibility index (Phi) is 18.4. The highest BCUT2D eigenvalue weighted by Gasteiger charge is 2.28. The fraction of sp³-hybridized carbons (Fsp3) is 0.560. The number of carboxylic acids is 2. The second-order valence-electron chi connectivity index (χ2n) is 7.86. The lowest BCUT2D eigenvalue weighted by molar-refractivity contribution is -0.140. The summed E-state index contributed by atoms with van der Waals surface area (Å²) in [6.45, 7) is 3.34. The number of allylic oxidation sites excluding steroid dienone is 7. The van der Waals surface area contributed by atoms with Crippen molar-refractivity contribution >= 4 is 28.6 Å². The normalized spacial score (nSPS) is 15.7. The molecule has 4 atom stereocenters. The zero-order chi connectivity index (χ0) is 25.8. The Morgan fingerprint density at radius 1 is 0.971 bits per heavy atom. The van der Waals surface area contributed by atoms with Gasteiger partial charge in [0, 0.05) is 24.1 Å². The first kappa shape index (κ1) is 31.5. The van der Waals surface area contributed by atoms with Crippen molar-refractivity contribution < 1.29 is 33.9 Å². The smallest absolute Gasteiger partial charge is 0.327 e. The summed E-state index contributed by atoms with van der Waals surface area (Å²) in [5.41, 5.74) is 0. The van der Waals surface area contributed by atoms with Crippen LogP contribution in [0.4, 0.5) is 0 Å². The molecule has 0 saturated heterocycles. The molecule has 0 saturated carbocycles. The van der Waals surface area contributed by atoms with E-state index in [0.717, 1.165) is 19.8 Å². The largest absolute Gasteiger partial charge is 0.481 e. The summed E-state index contributed by atoms with van der Waals surface area (Å²) in [6.07, 6.45) is 19.3. The SMILES string of the molecule is CCCCC/C=C\C\C=C/C=C/C=C/[C@H]([C@@H](O)CCCC(=O)O)S(=O)CC(N[11C](C)=O)C(=O)O. The van der Waals surface area contributed by atoms with Crippen molar-refractivity contribution in [2.45, 2.75) is 82.6 Å². The van der Waals surface area contributed by atoms with Crippen LogP contribution < -0.4 is 5.32 Å². The van der Waals surface area contributed by atoms with Crippen LogP contribution in [0.5, 0.6) is 0 Å². The van der Waals surface area contributed by atoms with Crippen molar-refractivity contribution in [1.29, 1.82) is 0 Å². The Labute approximate surface area is 205 Å². The van der Waals surface area contributed by atoms with Gasteiger partial charge in [-0.1, -0.05) is 68.4 Å². The Morgan fingerprint density at radius 3 is 2.29 bits per heavy atom. The number of amides is 1. The average molecular weight is 497 g/mol. The minimum Gasteiger partial charge on any atom is -0.481 e. The predicted molar refractivity (Wildman–Crippen MR) is 135 cm³/mol. The maximum absolute atomic E-state index is 12.8. The standard InChI is InChI=1S/C25H39NO7S/c1-3-4-5-6-7-8-9-10-11-12-13-14-17-23(22(28)16-15-18-24(29)30)34(33)19-21(25(31)32)26-20(2)27/h7-8,10-14,17,21-23,28H,3-6,9,15-16,18-19H2,1-2H3,(H,26,27)(H,29,30)(H,31,32)/b8-7-,11-10-,13-12+,17-14+/t21?,22-,23+,34?/m0/s1/i20-1. The molecule has 34 heavy (non-hydrogen) atoms. The van der Waals surface area contributed by atoms with Crippen LogP contribution in [0, 0.1) is 0 Å². The first-order chi connectivity index (χ1) is 16.2. The number of nitrogens with one attached hydrogen (secondary N) is 1. The lowest BCUT2D eigenvalue weighted by Gasteiger charge is -2.21. The van der Waals surface area contributed by atoms with E-state index in [0.29, 0.717) is 0 Å². The molecule has 0 aliphatic rings. The van der Waals surface area contributed by atoms with E-state index in [2.05, 4.69) is 24.4 Å². The third kappa shape index (κ3) is 17.0. The van der Waals surface area contributed by atoms with Gasteiger partial charge in [0.05, 0.1) is 17.1 Å². The van der Waals surface area contributed by atoms with Gasteiger partial charge in [0.1, 0.15) is 6.04 Å². The van der Waals surface area contributed by atoms with Gasteiger partial charge in [-0.15, -0.1) is 0 Å². The summed E-state index contributed by atoms with van der Waals surface area (Å²) in [6, 6.07) is -1.35. The van der Waals surface area contributed by atoms with E-state index in [1.807, 2.05) is 12.2 Å². The molecule has 4 N–H and O–H groups in total. The van der Waals surface area contributed by atoms with E-state index in [1.54, 1.807) is 18.2 Å². The molecule has 8 nitrogen and oxygen atoms in total. The Hall–Kier alpha value is -2.52. The molecule has 0 aromatic rings. The molecule has 0 rings (SSSR count). The van der Waals surface area contributed by atoms with Gasteiger partial charge in [-0.2, -0.15) is 0 Å². The fourth-order valence-electron chi connectivity index (χ4n) is 2.98. The fourth-order valence-corrected chi connectivity index (χ4v) is 4.51. The summed E-state index contributed by atoms with van der Waals surface area (Å²) in [5, 5.41) is 29.9. The van der Waals surface area contributed by atoms with E-state index >= 15 is 0 Å². The Balaban J connectivity index is 5.02. The monoisotopic (exact) mass is 496 g/mol. The van der Waals surface area contributed by atoms with Gasteiger partial charge in [0.2, 0.25) is 5.91 Å². The zero-order valence-corrected chi connectivity index (χ0v) is 20.9. The predicted octanol–water partition coefficient (Wildman–Crippen LogP) is 3.50. The van der Waals surface area contributed by atoms with Crippen LogP contribution in [-0.2, 0) is 25.2 Å². The van der Waals surface area contributed by atoms with Gasteiger partial charge >= 0.3 is 11.9 Å². The van der Waals surface area contributed by atoms with Crippen molar-refractivity contribution in [1.82, 2.24) is 5.32 Å². The highest BCUT2D eigenvalue weighted by Crippen LogP contribution is 2.14. The number of hydrogen-bond donors (Lipinski definition) is 4. The Bertz CT molecular complexity index is 758. The summed E-state index contributed by atoms with van der Waals surface area (Å²) in [7, 11) is -1.83. The Morgan fingerprint density at radius 2 is 1.68 bits per heavy atom. The molecular formula is C25H39NO7S. The lowest BCUT2D eigenvalue weighted by Crippen LogP contribution is -2.45. The highest BCUT2D eigenvalue weighted by atomic mass is 32.2. The first-order valence-corrected chi connectivity index (χ1v) is 13.0. The molecule has 2 unspecified atom stereocenters. The van der Waals surface area contributed by atoms with Crippen LogP contribution in [0.3, 0.4) is 0 Å². The summed E-state index contributed by atoms with van der Waals surface area (Å²) < 4.78 is 12.8. The van der Waals surface area contributed by atoms with Crippen molar-refractivity contribution in [3.63, 3.8) is 0 Å². The molecular weight excluding hydrogens is 457 g/mol. The minimum absolute atomic E-state index is 0.0964. The zero-order valence-electron chi connectivity index (χ0n) is 20.1. The van der Waals surface area contributed by atoms with Crippen LogP contribution in [0.1, 0.15) is 65.2 Å². The van der Waals surface area contributed by atoms with Crippen molar-refractivity contribution in [3.05, 3.63) is 48.6 Å². The molecule has 0 aliphatic heterocycles. The van der Waals surface area contributed by atoms with Gasteiger partial charge in [-0.3, -0.25) is 13.8 Å². The second kappa shape index (κ2) is 19.9. The van der Waals surface area contributed by atoms with E-state index in [4.69, 9.17) is 5.11 Å². The third-order valence-corrected chi connectivity index (χ3v) is 6.50. The minimum atomic E-state index is -1.83. The number of carboxylic acid groups (broad SMARTS) is 2. The third-order valence-electron chi connectivity index (χ3n) is 4.76. The van der Waals surface area contributed by atoms with Gasteiger partial charge in [0.15, 0.2) is 0 Å². The van der Waals surface area contributed by atoms with E-state index in [9.17, 15) is 28.8 Å². The number of aliphatic hydroxyl groups excluding tert-OH is 1. The molecule has 0 bridgehead atoms. The van der Waals surface area contributed by atoms with Crippen LogP contribution in [0.25, 0.3) is 0 Å². The van der Waals surface area contributed by atoms with Crippen LogP contribution in [0.2, 0.25) is 0 Å². The summed E-state index contributed by atoms with van der Waals surface area (Å²) in [5.74, 6) is -3.27. The quantitative estimate of drug-likeness (QED) is 0.122. The molecule has 9 heteroatoms. The maximum atomic E-state index is 12.8. The lowest BCUT2D eigenvalue weighted by atomic mass is 10.1. The topological polar surface area (TPSA) is 141 Å². The van der Waals surface area contributed by atoms with Crippen molar-refractivity contribution in [2.75, 3.05) is 5.75 Å². The number of carbonyl (C=O) groups is 3. The molecule has 0 spiro atoms. The van der Waals surface area contributed by atoms with E-state index < -0.39 is 46.0 Å². The van der Waals surface area contributed by atoms with Gasteiger partial charge < -0.3 is 20.6 Å². The first-order valence-electron chi connectivity index (χ1n) is 11.6. The van der Waals surface area contributed by atoms with Gasteiger partial charge in [-0.05, 0) is 32.1 Å². The summed E-state index contributed by atoms with van der Waals surface area (Å²) in [4.78, 5) is 33.3. The molecule has 0 heterocycles. The molecule has 0 radical (unpaired) electrons. The second-order valence-corrected chi connectivity index (χ2v) is 9.50. The highest BCUT2D eigenvalue weighted by molar-refractivity contribution is 7.85. The van der Waals surface area contributed by atoms with Crippen LogP contribution in [-0.4, -0.2) is 60.5 Å². The van der Waals surface area contributed by atoms with Crippen LogP contribution in [0.15, 0.2) is 48.6 Å². The van der Waals surface area contributed by atoms with Crippen molar-refractivity contribution in [3.8, 4) is 0 Å².